The van der Waals surface area contributed by atoms with E-state index < -0.39 is 17.2 Å². The molecule has 1 atom stereocenters. The van der Waals surface area contributed by atoms with Crippen molar-refractivity contribution in [3.63, 3.8) is 0 Å². The van der Waals surface area contributed by atoms with E-state index in [0.29, 0.717) is 11.1 Å². The number of esters is 1. The molecule has 0 aliphatic carbocycles. The normalized spacial score (nSPS) is 22.7. The highest BCUT2D eigenvalue weighted by Gasteiger charge is 2.52. The number of benzene rings is 1. The number of carbonyl (C=O) groups is 1. The average Bonchev–Trinajstić information content (AvgIpc) is 2.51. The van der Waals surface area contributed by atoms with Crippen molar-refractivity contribution >= 4 is 11.7 Å². The van der Waals surface area contributed by atoms with Gasteiger partial charge in [-0.25, -0.2) is 4.79 Å². The summed E-state index contributed by atoms with van der Waals surface area (Å²) in [5, 5.41) is 10.7. The van der Waals surface area contributed by atoms with E-state index in [2.05, 4.69) is 0 Å². The second-order valence-electron chi connectivity index (χ2n) is 5.91. The molecule has 0 spiro atoms. The van der Waals surface area contributed by atoms with E-state index in [4.69, 9.17) is 4.74 Å². The number of anilines is 1. The van der Waals surface area contributed by atoms with Gasteiger partial charge < -0.3 is 14.7 Å². The third-order valence-corrected chi connectivity index (χ3v) is 3.36. The summed E-state index contributed by atoms with van der Waals surface area (Å²) in [7, 11) is 3.82. The lowest BCUT2D eigenvalue weighted by atomic mass is 9.80. The molecule has 0 aromatic heterocycles. The van der Waals surface area contributed by atoms with E-state index in [9.17, 15) is 9.90 Å². The van der Waals surface area contributed by atoms with Crippen molar-refractivity contribution < 1.29 is 14.6 Å². The van der Waals surface area contributed by atoms with Crippen LogP contribution in [0.2, 0.25) is 0 Å². The molecule has 4 heteroatoms. The smallest absolute Gasteiger partial charge is 0.341 e. The first kappa shape index (κ1) is 12.9. The van der Waals surface area contributed by atoms with Crippen LogP contribution >= 0.6 is 0 Å². The quantitative estimate of drug-likeness (QED) is 0.774. The third kappa shape index (κ3) is 1.68. The van der Waals surface area contributed by atoms with E-state index in [1.54, 1.807) is 6.07 Å². The summed E-state index contributed by atoms with van der Waals surface area (Å²) < 4.78 is 5.22. The van der Waals surface area contributed by atoms with Gasteiger partial charge in [0.1, 0.15) is 0 Å². The molecule has 0 radical (unpaired) electrons. The third-order valence-electron chi connectivity index (χ3n) is 3.36. The standard InChI is InChI=1S/C14H19NO3/c1-13(2,3)14(17)11-8-9(15(4)5)6-7-10(11)12(16)18-14/h6-8,17H,1-5H3. The zero-order chi connectivity index (χ0) is 13.7. The number of aliphatic hydroxyl groups is 1. The van der Waals surface area contributed by atoms with Crippen LogP contribution in [0.4, 0.5) is 5.69 Å². The predicted molar refractivity (Wildman–Crippen MR) is 69.5 cm³/mol. The van der Waals surface area contributed by atoms with Crippen LogP contribution in [0, 0.1) is 5.41 Å². The fourth-order valence-corrected chi connectivity index (χ4v) is 2.07. The van der Waals surface area contributed by atoms with Crippen LogP contribution in [-0.2, 0) is 10.5 Å². The van der Waals surface area contributed by atoms with Crippen LogP contribution in [0.25, 0.3) is 0 Å². The molecule has 0 saturated carbocycles. The number of hydrogen-bond donors (Lipinski definition) is 1. The number of rotatable bonds is 1. The molecule has 4 nitrogen and oxygen atoms in total. The van der Waals surface area contributed by atoms with Gasteiger partial charge in [-0.05, 0) is 18.2 Å². The predicted octanol–water partition coefficient (Wildman–Crippen LogP) is 2.11. The molecule has 98 valence electrons. The zero-order valence-corrected chi connectivity index (χ0v) is 11.4. The van der Waals surface area contributed by atoms with Crippen LogP contribution in [0.15, 0.2) is 18.2 Å². The first-order chi connectivity index (χ1) is 8.17. The number of hydrogen-bond acceptors (Lipinski definition) is 4. The molecule has 1 aromatic carbocycles. The highest BCUT2D eigenvalue weighted by molar-refractivity contribution is 5.95. The maximum atomic E-state index is 11.8. The summed E-state index contributed by atoms with van der Waals surface area (Å²) in [6, 6.07) is 5.36. The molecule has 1 aliphatic rings. The number of fused-ring (bicyclic) bond motifs is 1. The first-order valence-electron chi connectivity index (χ1n) is 5.94. The molecule has 0 bridgehead atoms. The van der Waals surface area contributed by atoms with Crippen molar-refractivity contribution in [1.29, 1.82) is 0 Å². The van der Waals surface area contributed by atoms with Gasteiger partial charge in [-0.15, -0.1) is 0 Å². The van der Waals surface area contributed by atoms with Crippen molar-refractivity contribution in [2.45, 2.75) is 26.6 Å². The Hall–Kier alpha value is -1.55. The summed E-state index contributed by atoms with van der Waals surface area (Å²) in [5.74, 6) is -2.03. The second kappa shape index (κ2) is 3.72. The van der Waals surface area contributed by atoms with Gasteiger partial charge in [-0.3, -0.25) is 0 Å². The number of nitrogens with zero attached hydrogens (tertiary/aromatic N) is 1. The second-order valence-corrected chi connectivity index (χ2v) is 5.91. The first-order valence-corrected chi connectivity index (χ1v) is 5.94. The van der Waals surface area contributed by atoms with Gasteiger partial charge in [0.25, 0.3) is 0 Å². The van der Waals surface area contributed by atoms with E-state index in [1.807, 2.05) is 51.9 Å². The SMILES string of the molecule is CN(C)c1ccc2c(c1)C(O)(C(C)(C)C)OC2=O. The van der Waals surface area contributed by atoms with Gasteiger partial charge in [-0.2, -0.15) is 0 Å². The van der Waals surface area contributed by atoms with E-state index in [-0.39, 0.29) is 0 Å². The molecule has 0 saturated heterocycles. The molecular weight excluding hydrogens is 230 g/mol. The lowest BCUT2D eigenvalue weighted by Gasteiger charge is -2.35. The van der Waals surface area contributed by atoms with Gasteiger partial charge in [-0.1, -0.05) is 20.8 Å². The van der Waals surface area contributed by atoms with Crippen molar-refractivity contribution in [2.24, 2.45) is 5.41 Å². The van der Waals surface area contributed by atoms with Gasteiger partial charge in [0, 0.05) is 30.8 Å². The monoisotopic (exact) mass is 249 g/mol. The maximum Gasteiger partial charge on any atom is 0.341 e. The highest BCUT2D eigenvalue weighted by atomic mass is 16.7. The van der Waals surface area contributed by atoms with Gasteiger partial charge in [0.2, 0.25) is 5.79 Å². The summed E-state index contributed by atoms with van der Waals surface area (Å²) in [6.45, 7) is 5.53. The van der Waals surface area contributed by atoms with Crippen LogP contribution in [0.3, 0.4) is 0 Å². The zero-order valence-electron chi connectivity index (χ0n) is 11.4. The Balaban J connectivity index is 2.63. The topological polar surface area (TPSA) is 49.8 Å². The molecule has 1 aromatic rings. The summed E-state index contributed by atoms with van der Waals surface area (Å²) in [6.07, 6.45) is 0. The van der Waals surface area contributed by atoms with Gasteiger partial charge in [0.05, 0.1) is 5.56 Å². The Bertz CT molecular complexity index is 502. The van der Waals surface area contributed by atoms with Crippen LogP contribution in [-0.4, -0.2) is 25.2 Å². The van der Waals surface area contributed by atoms with E-state index >= 15 is 0 Å². The summed E-state index contributed by atoms with van der Waals surface area (Å²) in [5.41, 5.74) is 1.33. The summed E-state index contributed by atoms with van der Waals surface area (Å²) in [4.78, 5) is 13.7. The minimum absolute atomic E-state index is 0.443. The largest absolute Gasteiger partial charge is 0.425 e. The Labute approximate surface area is 107 Å². The van der Waals surface area contributed by atoms with E-state index in [0.717, 1.165) is 5.69 Å². The van der Waals surface area contributed by atoms with Crippen LogP contribution in [0.1, 0.15) is 36.7 Å². The van der Waals surface area contributed by atoms with E-state index in [1.165, 1.54) is 0 Å². The Morgan fingerprint density at radius 3 is 2.39 bits per heavy atom. The number of ether oxygens (including phenoxy) is 1. The Kier molecular flexibility index (Phi) is 2.66. The van der Waals surface area contributed by atoms with Crippen LogP contribution in [0.5, 0.6) is 0 Å². The fourth-order valence-electron chi connectivity index (χ4n) is 2.07. The molecular formula is C14H19NO3. The van der Waals surface area contributed by atoms with Crippen molar-refractivity contribution in [3.8, 4) is 0 Å². The lowest BCUT2D eigenvalue weighted by Crippen LogP contribution is -2.40. The molecule has 1 unspecified atom stereocenters. The molecule has 0 fully saturated rings. The Morgan fingerprint density at radius 1 is 1.28 bits per heavy atom. The fraction of sp³-hybridized carbons (Fsp3) is 0.500. The molecule has 1 aliphatic heterocycles. The maximum absolute atomic E-state index is 11.8. The van der Waals surface area contributed by atoms with Crippen molar-refractivity contribution in [2.75, 3.05) is 19.0 Å². The van der Waals surface area contributed by atoms with Gasteiger partial charge in [0.15, 0.2) is 0 Å². The summed E-state index contributed by atoms with van der Waals surface area (Å²) >= 11 is 0. The minimum atomic E-state index is -1.56. The number of cyclic esters (lactones) is 1. The van der Waals surface area contributed by atoms with Crippen molar-refractivity contribution in [1.82, 2.24) is 0 Å². The van der Waals surface area contributed by atoms with Crippen molar-refractivity contribution in [3.05, 3.63) is 29.3 Å². The molecule has 18 heavy (non-hydrogen) atoms. The molecule has 1 N–H and O–H groups in total. The Morgan fingerprint density at radius 2 is 1.89 bits per heavy atom. The molecule has 1 heterocycles. The number of carbonyl (C=O) groups excluding carboxylic acids is 1. The minimum Gasteiger partial charge on any atom is -0.425 e. The lowest BCUT2D eigenvalue weighted by molar-refractivity contribution is -0.228. The van der Waals surface area contributed by atoms with Crippen LogP contribution < -0.4 is 4.90 Å². The highest BCUT2D eigenvalue weighted by Crippen LogP contribution is 2.47. The van der Waals surface area contributed by atoms with Gasteiger partial charge >= 0.3 is 5.97 Å². The molecule has 2 rings (SSSR count). The molecule has 0 amide bonds. The average molecular weight is 249 g/mol.